The standard InChI is InChI=1S/C14H20Cl2N2O2S.ClH/c1-17-7-4-11-5-8-18(9-6-11)21(19,20)14-10-12(15)2-3-13(14)16;/h2-3,10-11,17H,4-9H2,1H3;1H. The van der Waals surface area contributed by atoms with Crippen molar-refractivity contribution in [2.45, 2.75) is 24.2 Å². The van der Waals surface area contributed by atoms with E-state index in [1.165, 1.54) is 16.4 Å². The van der Waals surface area contributed by atoms with Crippen LogP contribution >= 0.6 is 35.6 Å². The van der Waals surface area contributed by atoms with E-state index in [9.17, 15) is 8.42 Å². The van der Waals surface area contributed by atoms with Gasteiger partial charge in [0.15, 0.2) is 0 Å². The topological polar surface area (TPSA) is 49.4 Å². The molecule has 0 amide bonds. The molecule has 1 aromatic rings. The summed E-state index contributed by atoms with van der Waals surface area (Å²) in [7, 11) is -1.63. The summed E-state index contributed by atoms with van der Waals surface area (Å²) in [5.41, 5.74) is 0. The lowest BCUT2D eigenvalue weighted by molar-refractivity contribution is 0.263. The van der Waals surface area contributed by atoms with Crippen molar-refractivity contribution in [2.24, 2.45) is 5.92 Å². The molecule has 0 aromatic heterocycles. The predicted octanol–water partition coefficient (Wildman–Crippen LogP) is 3.43. The first-order valence-corrected chi connectivity index (χ1v) is 9.24. The van der Waals surface area contributed by atoms with Gasteiger partial charge in [-0.1, -0.05) is 23.2 Å². The largest absolute Gasteiger partial charge is 0.320 e. The molecule has 1 saturated heterocycles. The summed E-state index contributed by atoms with van der Waals surface area (Å²) >= 11 is 11.9. The average molecular weight is 388 g/mol. The van der Waals surface area contributed by atoms with Crippen LogP contribution in [0.3, 0.4) is 0 Å². The molecule has 1 fully saturated rings. The molecule has 0 atom stereocenters. The van der Waals surface area contributed by atoms with Crippen molar-refractivity contribution in [3.8, 4) is 0 Å². The lowest BCUT2D eigenvalue weighted by Crippen LogP contribution is -2.39. The number of halogens is 3. The normalized spacial score (nSPS) is 17.2. The molecule has 1 heterocycles. The van der Waals surface area contributed by atoms with Crippen LogP contribution in [0.1, 0.15) is 19.3 Å². The van der Waals surface area contributed by atoms with Crippen LogP contribution in [0.25, 0.3) is 0 Å². The highest BCUT2D eigenvalue weighted by Gasteiger charge is 2.30. The van der Waals surface area contributed by atoms with Crippen LogP contribution < -0.4 is 5.32 Å². The highest BCUT2D eigenvalue weighted by atomic mass is 35.5. The Morgan fingerprint density at radius 1 is 1.27 bits per heavy atom. The van der Waals surface area contributed by atoms with Gasteiger partial charge in [-0.05, 0) is 57.0 Å². The third-order valence-electron chi connectivity index (χ3n) is 3.89. The number of hydrogen-bond acceptors (Lipinski definition) is 3. The van der Waals surface area contributed by atoms with E-state index in [1.54, 1.807) is 6.07 Å². The number of sulfonamides is 1. The summed E-state index contributed by atoms with van der Waals surface area (Å²) in [6.07, 6.45) is 2.86. The zero-order chi connectivity index (χ0) is 15.5. The number of hydrogen-bond donors (Lipinski definition) is 1. The molecule has 1 aromatic carbocycles. The molecule has 0 aliphatic carbocycles. The van der Waals surface area contributed by atoms with E-state index < -0.39 is 10.0 Å². The Morgan fingerprint density at radius 2 is 1.91 bits per heavy atom. The Kier molecular flexibility index (Phi) is 7.92. The quantitative estimate of drug-likeness (QED) is 0.842. The van der Waals surface area contributed by atoms with Gasteiger partial charge in [-0.25, -0.2) is 8.42 Å². The van der Waals surface area contributed by atoms with Crippen molar-refractivity contribution in [2.75, 3.05) is 26.7 Å². The number of rotatable bonds is 5. The Hall–Kier alpha value is -0.0400. The number of benzene rings is 1. The van der Waals surface area contributed by atoms with Gasteiger partial charge in [0.2, 0.25) is 10.0 Å². The Bertz CT molecular complexity index is 588. The monoisotopic (exact) mass is 386 g/mol. The van der Waals surface area contributed by atoms with Crippen LogP contribution in [-0.4, -0.2) is 39.4 Å². The van der Waals surface area contributed by atoms with Gasteiger partial charge in [0.25, 0.3) is 0 Å². The molecule has 0 spiro atoms. The summed E-state index contributed by atoms with van der Waals surface area (Å²) in [6, 6.07) is 4.54. The SMILES string of the molecule is CNCCC1CCN(S(=O)(=O)c2cc(Cl)ccc2Cl)CC1.Cl. The molecule has 0 bridgehead atoms. The van der Waals surface area contributed by atoms with Crippen LogP contribution in [0, 0.1) is 5.92 Å². The third kappa shape index (κ3) is 4.73. The predicted molar refractivity (Wildman–Crippen MR) is 93.7 cm³/mol. The molecule has 0 radical (unpaired) electrons. The van der Waals surface area contributed by atoms with E-state index in [0.717, 1.165) is 25.8 Å². The van der Waals surface area contributed by atoms with E-state index in [2.05, 4.69) is 5.32 Å². The fourth-order valence-electron chi connectivity index (χ4n) is 2.60. The molecule has 0 unspecified atom stereocenters. The van der Waals surface area contributed by atoms with Crippen molar-refractivity contribution in [1.82, 2.24) is 9.62 Å². The molecule has 2 rings (SSSR count). The molecule has 1 N–H and O–H groups in total. The smallest absolute Gasteiger partial charge is 0.244 e. The minimum absolute atomic E-state index is 0. The first-order valence-electron chi connectivity index (χ1n) is 7.05. The first kappa shape index (κ1) is 20.0. The summed E-state index contributed by atoms with van der Waals surface area (Å²) in [4.78, 5) is 0.102. The maximum Gasteiger partial charge on any atom is 0.244 e. The fraction of sp³-hybridized carbons (Fsp3) is 0.571. The second-order valence-electron chi connectivity index (χ2n) is 5.31. The van der Waals surface area contributed by atoms with E-state index in [4.69, 9.17) is 23.2 Å². The molecule has 4 nitrogen and oxygen atoms in total. The molecular weight excluding hydrogens is 367 g/mol. The summed E-state index contributed by atoms with van der Waals surface area (Å²) in [5.74, 6) is 0.582. The number of nitrogens with one attached hydrogen (secondary N) is 1. The molecule has 0 saturated carbocycles. The molecule has 1 aliphatic rings. The van der Waals surface area contributed by atoms with Crippen molar-refractivity contribution in [1.29, 1.82) is 0 Å². The highest BCUT2D eigenvalue weighted by Crippen LogP contribution is 2.30. The minimum Gasteiger partial charge on any atom is -0.320 e. The maximum atomic E-state index is 12.7. The van der Waals surface area contributed by atoms with Gasteiger partial charge < -0.3 is 5.32 Å². The van der Waals surface area contributed by atoms with Crippen molar-refractivity contribution in [3.05, 3.63) is 28.2 Å². The zero-order valence-electron chi connectivity index (χ0n) is 12.4. The number of piperidine rings is 1. The minimum atomic E-state index is -3.56. The van der Waals surface area contributed by atoms with Crippen LogP contribution in [-0.2, 0) is 10.0 Å². The van der Waals surface area contributed by atoms with Gasteiger partial charge >= 0.3 is 0 Å². The Balaban J connectivity index is 0.00000242. The summed E-state index contributed by atoms with van der Waals surface area (Å²) < 4.78 is 26.8. The zero-order valence-corrected chi connectivity index (χ0v) is 15.5. The van der Waals surface area contributed by atoms with Crippen molar-refractivity contribution >= 4 is 45.6 Å². The third-order valence-corrected chi connectivity index (χ3v) is 6.50. The van der Waals surface area contributed by atoms with E-state index >= 15 is 0 Å². The van der Waals surface area contributed by atoms with Gasteiger partial charge in [0.1, 0.15) is 4.90 Å². The van der Waals surface area contributed by atoms with Crippen molar-refractivity contribution in [3.63, 3.8) is 0 Å². The Labute approximate surface area is 148 Å². The summed E-state index contributed by atoms with van der Waals surface area (Å²) in [6.45, 7) is 2.05. The first-order chi connectivity index (χ1) is 9.95. The van der Waals surface area contributed by atoms with E-state index in [1.807, 2.05) is 7.05 Å². The molecule has 1 aliphatic heterocycles. The highest BCUT2D eigenvalue weighted by molar-refractivity contribution is 7.89. The van der Waals surface area contributed by atoms with E-state index in [-0.39, 0.29) is 22.3 Å². The van der Waals surface area contributed by atoms with Crippen LogP contribution in [0.5, 0.6) is 0 Å². The molecule has 126 valence electrons. The van der Waals surface area contributed by atoms with Crippen molar-refractivity contribution < 1.29 is 8.42 Å². The Morgan fingerprint density at radius 3 is 2.50 bits per heavy atom. The second-order valence-corrected chi connectivity index (χ2v) is 8.06. The molecule has 22 heavy (non-hydrogen) atoms. The second kappa shape index (κ2) is 8.71. The van der Waals surface area contributed by atoms with Gasteiger partial charge in [-0.3, -0.25) is 0 Å². The lowest BCUT2D eigenvalue weighted by Gasteiger charge is -2.31. The fourth-order valence-corrected chi connectivity index (χ4v) is 4.81. The van der Waals surface area contributed by atoms with E-state index in [0.29, 0.717) is 24.0 Å². The van der Waals surface area contributed by atoms with Gasteiger partial charge in [0, 0.05) is 18.1 Å². The van der Waals surface area contributed by atoms with Gasteiger partial charge in [-0.15, -0.1) is 12.4 Å². The van der Waals surface area contributed by atoms with Crippen LogP contribution in [0.15, 0.2) is 23.1 Å². The summed E-state index contributed by atoms with van der Waals surface area (Å²) in [5, 5.41) is 3.73. The molecular formula is C14H21Cl3N2O2S. The lowest BCUT2D eigenvalue weighted by atomic mass is 9.95. The van der Waals surface area contributed by atoms with Gasteiger partial charge in [0.05, 0.1) is 5.02 Å². The van der Waals surface area contributed by atoms with Crippen LogP contribution in [0.2, 0.25) is 10.0 Å². The molecule has 8 heteroatoms. The van der Waals surface area contributed by atoms with Gasteiger partial charge in [-0.2, -0.15) is 4.31 Å². The van der Waals surface area contributed by atoms with Crippen LogP contribution in [0.4, 0.5) is 0 Å². The maximum absolute atomic E-state index is 12.7. The average Bonchev–Trinajstić information content (AvgIpc) is 2.48. The number of nitrogens with zero attached hydrogens (tertiary/aromatic N) is 1.